The normalized spacial score (nSPS) is 12.3. The van der Waals surface area contributed by atoms with Gasteiger partial charge >= 0.3 is 0 Å². The third-order valence-corrected chi connectivity index (χ3v) is 3.99. The number of nitrogens with one attached hydrogen (secondary N) is 1. The SMILES string of the molecule is CSCC(C)CNc1ccc([N+](=O)[O-])c2ccncc12. The molecule has 0 bridgehead atoms. The van der Waals surface area contributed by atoms with E-state index in [2.05, 4.69) is 23.5 Å². The van der Waals surface area contributed by atoms with Crippen LogP contribution in [0.15, 0.2) is 30.6 Å². The predicted molar refractivity (Wildman–Crippen MR) is 84.4 cm³/mol. The molecule has 0 saturated heterocycles. The molecule has 1 aromatic carbocycles. The Morgan fingerprint density at radius 3 is 2.90 bits per heavy atom. The van der Waals surface area contributed by atoms with Gasteiger partial charge in [-0.2, -0.15) is 11.8 Å². The van der Waals surface area contributed by atoms with Gasteiger partial charge in [0.15, 0.2) is 0 Å². The van der Waals surface area contributed by atoms with Gasteiger partial charge in [-0.15, -0.1) is 0 Å². The third kappa shape index (κ3) is 3.19. The topological polar surface area (TPSA) is 68.1 Å². The monoisotopic (exact) mass is 291 g/mol. The second kappa shape index (κ2) is 6.56. The quantitative estimate of drug-likeness (QED) is 0.651. The van der Waals surface area contributed by atoms with E-state index in [4.69, 9.17) is 0 Å². The highest BCUT2D eigenvalue weighted by atomic mass is 32.2. The van der Waals surface area contributed by atoms with E-state index in [1.807, 2.05) is 11.8 Å². The van der Waals surface area contributed by atoms with E-state index in [1.54, 1.807) is 30.6 Å². The summed E-state index contributed by atoms with van der Waals surface area (Å²) in [4.78, 5) is 14.8. The number of nitro groups is 1. The minimum atomic E-state index is -0.359. The van der Waals surface area contributed by atoms with Gasteiger partial charge < -0.3 is 5.32 Å². The largest absolute Gasteiger partial charge is 0.384 e. The predicted octanol–water partition coefficient (Wildman–Crippen LogP) is 3.55. The van der Waals surface area contributed by atoms with Crippen molar-refractivity contribution >= 4 is 33.9 Å². The summed E-state index contributed by atoms with van der Waals surface area (Å²) in [7, 11) is 0. The van der Waals surface area contributed by atoms with Crippen molar-refractivity contribution in [1.29, 1.82) is 0 Å². The highest BCUT2D eigenvalue weighted by Crippen LogP contribution is 2.30. The molecule has 0 aliphatic carbocycles. The Morgan fingerprint density at radius 1 is 1.40 bits per heavy atom. The number of benzene rings is 1. The van der Waals surface area contributed by atoms with E-state index in [0.29, 0.717) is 11.3 Å². The fourth-order valence-electron chi connectivity index (χ4n) is 2.12. The zero-order valence-corrected chi connectivity index (χ0v) is 12.3. The average molecular weight is 291 g/mol. The molecule has 0 saturated carbocycles. The number of rotatable bonds is 6. The van der Waals surface area contributed by atoms with Crippen LogP contribution >= 0.6 is 11.8 Å². The van der Waals surface area contributed by atoms with Crippen LogP contribution in [0.4, 0.5) is 11.4 Å². The summed E-state index contributed by atoms with van der Waals surface area (Å²) in [5.74, 6) is 1.61. The van der Waals surface area contributed by atoms with Gasteiger partial charge in [0.1, 0.15) is 0 Å². The molecule has 2 rings (SSSR count). The van der Waals surface area contributed by atoms with Gasteiger partial charge in [0.25, 0.3) is 5.69 Å². The summed E-state index contributed by atoms with van der Waals surface area (Å²) in [6, 6.07) is 4.99. The van der Waals surface area contributed by atoms with E-state index in [-0.39, 0.29) is 10.6 Å². The second-order valence-corrected chi connectivity index (χ2v) is 5.66. The first kappa shape index (κ1) is 14.6. The Morgan fingerprint density at radius 2 is 2.20 bits per heavy atom. The Bertz CT molecular complexity index is 618. The molecule has 0 fully saturated rings. The van der Waals surface area contributed by atoms with E-state index in [0.717, 1.165) is 23.4 Å². The number of anilines is 1. The molecule has 0 radical (unpaired) electrons. The van der Waals surface area contributed by atoms with Crippen molar-refractivity contribution in [3.8, 4) is 0 Å². The van der Waals surface area contributed by atoms with Crippen LogP contribution in [-0.4, -0.2) is 28.5 Å². The van der Waals surface area contributed by atoms with Gasteiger partial charge in [-0.25, -0.2) is 0 Å². The molecule has 1 N–H and O–H groups in total. The zero-order chi connectivity index (χ0) is 14.5. The smallest absolute Gasteiger partial charge is 0.277 e. The number of fused-ring (bicyclic) bond motifs is 1. The second-order valence-electron chi connectivity index (χ2n) is 4.75. The first-order chi connectivity index (χ1) is 9.63. The lowest BCUT2D eigenvalue weighted by Gasteiger charge is -2.14. The van der Waals surface area contributed by atoms with Crippen molar-refractivity contribution in [2.75, 3.05) is 23.9 Å². The van der Waals surface area contributed by atoms with Crippen molar-refractivity contribution in [2.24, 2.45) is 5.92 Å². The standard InChI is InChI=1S/C14H17N3O2S/c1-10(9-20-2)7-16-13-3-4-14(17(18)19)11-5-6-15-8-12(11)13/h3-6,8,10,16H,7,9H2,1-2H3. The summed E-state index contributed by atoms with van der Waals surface area (Å²) < 4.78 is 0. The van der Waals surface area contributed by atoms with Crippen molar-refractivity contribution < 1.29 is 4.92 Å². The number of aromatic nitrogens is 1. The molecule has 0 aliphatic rings. The molecule has 5 nitrogen and oxygen atoms in total. The van der Waals surface area contributed by atoms with Crippen LogP contribution in [0, 0.1) is 16.0 Å². The van der Waals surface area contributed by atoms with Crippen LogP contribution in [0.2, 0.25) is 0 Å². The highest BCUT2D eigenvalue weighted by molar-refractivity contribution is 7.98. The van der Waals surface area contributed by atoms with E-state index < -0.39 is 0 Å². The van der Waals surface area contributed by atoms with Gasteiger partial charge in [-0.1, -0.05) is 6.92 Å². The van der Waals surface area contributed by atoms with Gasteiger partial charge in [0, 0.05) is 36.1 Å². The Labute approximate surface area is 121 Å². The van der Waals surface area contributed by atoms with Crippen LogP contribution in [0.1, 0.15) is 6.92 Å². The first-order valence-electron chi connectivity index (χ1n) is 6.37. The highest BCUT2D eigenvalue weighted by Gasteiger charge is 2.14. The molecule has 1 aromatic heterocycles. The third-order valence-electron chi connectivity index (χ3n) is 3.08. The van der Waals surface area contributed by atoms with Gasteiger partial charge in [0.2, 0.25) is 0 Å². The van der Waals surface area contributed by atoms with E-state index >= 15 is 0 Å². The van der Waals surface area contributed by atoms with Gasteiger partial charge in [-0.05, 0) is 30.1 Å². The molecule has 20 heavy (non-hydrogen) atoms. The number of hydrogen-bond donors (Lipinski definition) is 1. The van der Waals surface area contributed by atoms with Crippen molar-refractivity contribution in [3.05, 3.63) is 40.7 Å². The lowest BCUT2D eigenvalue weighted by molar-refractivity contribution is -0.383. The maximum atomic E-state index is 11.0. The summed E-state index contributed by atoms with van der Waals surface area (Å²) >= 11 is 1.81. The molecule has 0 aliphatic heterocycles. The summed E-state index contributed by atoms with van der Waals surface area (Å²) in [5.41, 5.74) is 1.01. The Hall–Kier alpha value is -1.82. The average Bonchev–Trinajstić information content (AvgIpc) is 2.44. The summed E-state index contributed by atoms with van der Waals surface area (Å²) in [6.07, 6.45) is 5.33. The number of thioether (sulfide) groups is 1. The molecule has 1 heterocycles. The van der Waals surface area contributed by atoms with Crippen LogP contribution in [0.25, 0.3) is 10.8 Å². The summed E-state index contributed by atoms with van der Waals surface area (Å²) in [5, 5.41) is 15.8. The lowest BCUT2D eigenvalue weighted by atomic mass is 10.1. The number of pyridine rings is 1. The number of non-ortho nitro benzene ring substituents is 1. The van der Waals surface area contributed by atoms with Gasteiger partial charge in [0.05, 0.1) is 10.3 Å². The van der Waals surface area contributed by atoms with Crippen molar-refractivity contribution in [3.63, 3.8) is 0 Å². The molecule has 1 atom stereocenters. The van der Waals surface area contributed by atoms with Crippen LogP contribution < -0.4 is 5.32 Å². The van der Waals surface area contributed by atoms with Crippen LogP contribution in [-0.2, 0) is 0 Å². The number of nitrogens with zero attached hydrogens (tertiary/aromatic N) is 2. The fraction of sp³-hybridized carbons (Fsp3) is 0.357. The molecular weight excluding hydrogens is 274 g/mol. The minimum Gasteiger partial charge on any atom is -0.384 e. The van der Waals surface area contributed by atoms with Crippen LogP contribution in [0.5, 0.6) is 0 Å². The fourth-order valence-corrected chi connectivity index (χ4v) is 2.80. The van der Waals surface area contributed by atoms with Crippen molar-refractivity contribution in [1.82, 2.24) is 4.98 Å². The van der Waals surface area contributed by atoms with Gasteiger partial charge in [-0.3, -0.25) is 15.1 Å². The molecule has 0 amide bonds. The van der Waals surface area contributed by atoms with Crippen LogP contribution in [0.3, 0.4) is 0 Å². The maximum Gasteiger partial charge on any atom is 0.277 e. The van der Waals surface area contributed by atoms with E-state index in [9.17, 15) is 10.1 Å². The Balaban J connectivity index is 2.31. The maximum absolute atomic E-state index is 11.0. The number of hydrogen-bond acceptors (Lipinski definition) is 5. The first-order valence-corrected chi connectivity index (χ1v) is 7.76. The zero-order valence-electron chi connectivity index (χ0n) is 11.5. The minimum absolute atomic E-state index is 0.116. The number of nitro benzene ring substituents is 1. The molecule has 106 valence electrons. The lowest BCUT2D eigenvalue weighted by Crippen LogP contribution is -2.13. The summed E-state index contributed by atoms with van der Waals surface area (Å²) in [6.45, 7) is 3.01. The molecule has 2 aromatic rings. The Kier molecular flexibility index (Phi) is 4.79. The molecular formula is C14H17N3O2S. The van der Waals surface area contributed by atoms with Crippen molar-refractivity contribution in [2.45, 2.75) is 6.92 Å². The van der Waals surface area contributed by atoms with E-state index in [1.165, 1.54) is 0 Å². The molecule has 6 heteroatoms. The molecule has 0 spiro atoms. The molecule has 1 unspecified atom stereocenters.